The molecule has 0 saturated heterocycles. The van der Waals surface area contributed by atoms with E-state index in [1.165, 1.54) is 6.07 Å². The molecule has 0 amide bonds. The maximum absolute atomic E-state index is 13.5. The van der Waals surface area contributed by atoms with E-state index < -0.39 is 0 Å². The van der Waals surface area contributed by atoms with Gasteiger partial charge in [-0.05, 0) is 19.4 Å². The minimum Gasteiger partial charge on any atom is -0.366 e. The Labute approximate surface area is 117 Å². The van der Waals surface area contributed by atoms with Gasteiger partial charge in [0.2, 0.25) is 5.95 Å². The Kier molecular flexibility index (Phi) is 4.81. The van der Waals surface area contributed by atoms with Gasteiger partial charge in [0.15, 0.2) is 5.82 Å². The first kappa shape index (κ1) is 14.2. The second kappa shape index (κ2) is 6.79. The first-order chi connectivity index (χ1) is 9.69. The average Bonchev–Trinajstić information content (AvgIpc) is 2.47. The zero-order valence-corrected chi connectivity index (χ0v) is 11.6. The topological polar surface area (TPSA) is 62.7 Å². The van der Waals surface area contributed by atoms with Crippen LogP contribution < -0.4 is 10.6 Å². The van der Waals surface area contributed by atoms with Gasteiger partial charge in [-0.2, -0.15) is 10.1 Å². The molecule has 1 heterocycles. The Hall–Kier alpha value is -2.24. The van der Waals surface area contributed by atoms with Crippen molar-refractivity contribution in [3.63, 3.8) is 0 Å². The maximum atomic E-state index is 13.5. The Morgan fingerprint density at radius 3 is 2.85 bits per heavy atom. The Morgan fingerprint density at radius 2 is 2.10 bits per heavy atom. The molecule has 2 rings (SSSR count). The molecule has 0 aliphatic heterocycles. The summed E-state index contributed by atoms with van der Waals surface area (Å²) >= 11 is 0. The van der Waals surface area contributed by atoms with Gasteiger partial charge in [-0.3, -0.25) is 0 Å². The molecule has 2 aromatic rings. The van der Waals surface area contributed by atoms with Crippen LogP contribution >= 0.6 is 0 Å². The lowest BCUT2D eigenvalue weighted by Crippen LogP contribution is -2.16. The van der Waals surface area contributed by atoms with Gasteiger partial charge < -0.3 is 10.6 Å². The molecule has 6 heteroatoms. The molecule has 5 nitrogen and oxygen atoms in total. The van der Waals surface area contributed by atoms with Gasteiger partial charge >= 0.3 is 0 Å². The summed E-state index contributed by atoms with van der Waals surface area (Å²) in [5.41, 5.74) is 0.566. The largest absolute Gasteiger partial charge is 0.366 e. The fraction of sp³-hybridized carbons (Fsp3) is 0.357. The van der Waals surface area contributed by atoms with E-state index in [4.69, 9.17) is 0 Å². The molecular weight excluding hydrogens is 257 g/mol. The number of nitrogens with one attached hydrogen (secondary N) is 2. The number of anilines is 2. The van der Waals surface area contributed by atoms with Crippen LogP contribution in [0.3, 0.4) is 0 Å². The molecule has 2 N–H and O–H groups in total. The SMILES string of the molecule is CCC(C)Nc1cnnc(NCc2ccccc2F)n1. The van der Waals surface area contributed by atoms with E-state index >= 15 is 0 Å². The van der Waals surface area contributed by atoms with E-state index in [-0.39, 0.29) is 5.82 Å². The van der Waals surface area contributed by atoms with Gasteiger partial charge in [0.05, 0.1) is 6.20 Å². The molecule has 20 heavy (non-hydrogen) atoms. The molecule has 1 aromatic carbocycles. The number of hydrogen-bond acceptors (Lipinski definition) is 5. The van der Waals surface area contributed by atoms with Crippen molar-refractivity contribution in [2.45, 2.75) is 32.9 Å². The Morgan fingerprint density at radius 1 is 1.30 bits per heavy atom. The monoisotopic (exact) mass is 275 g/mol. The normalized spacial score (nSPS) is 11.9. The Bertz CT molecular complexity index is 561. The molecule has 1 aromatic heterocycles. The van der Waals surface area contributed by atoms with E-state index in [9.17, 15) is 4.39 Å². The van der Waals surface area contributed by atoms with Gasteiger partial charge in [-0.25, -0.2) is 4.39 Å². The van der Waals surface area contributed by atoms with Gasteiger partial charge in [0.1, 0.15) is 5.82 Å². The summed E-state index contributed by atoms with van der Waals surface area (Å²) in [5, 5.41) is 13.9. The average molecular weight is 275 g/mol. The second-order valence-electron chi connectivity index (χ2n) is 4.56. The first-order valence-electron chi connectivity index (χ1n) is 6.62. The highest BCUT2D eigenvalue weighted by molar-refractivity contribution is 5.38. The lowest BCUT2D eigenvalue weighted by atomic mass is 10.2. The van der Waals surface area contributed by atoms with Crippen LogP contribution in [-0.4, -0.2) is 21.2 Å². The maximum Gasteiger partial charge on any atom is 0.244 e. The lowest BCUT2D eigenvalue weighted by molar-refractivity contribution is 0.612. The summed E-state index contributed by atoms with van der Waals surface area (Å²) < 4.78 is 13.5. The Balaban J connectivity index is 2.00. The highest BCUT2D eigenvalue weighted by Gasteiger charge is 2.05. The van der Waals surface area contributed by atoms with Crippen molar-refractivity contribution in [3.8, 4) is 0 Å². The van der Waals surface area contributed by atoms with Gasteiger partial charge in [0.25, 0.3) is 0 Å². The second-order valence-corrected chi connectivity index (χ2v) is 4.56. The standard InChI is InChI=1S/C14H18FN5/c1-3-10(2)18-13-9-17-20-14(19-13)16-8-11-6-4-5-7-12(11)15/h4-7,9-10H,3,8H2,1-2H3,(H2,16,18,19,20). The van der Waals surface area contributed by atoms with Crippen LogP contribution in [0.15, 0.2) is 30.5 Å². The van der Waals surface area contributed by atoms with Crippen molar-refractivity contribution in [1.82, 2.24) is 15.2 Å². The van der Waals surface area contributed by atoms with Crippen LogP contribution in [0.2, 0.25) is 0 Å². The third-order valence-corrected chi connectivity index (χ3v) is 2.96. The number of benzene rings is 1. The highest BCUT2D eigenvalue weighted by atomic mass is 19.1. The van der Waals surface area contributed by atoms with Crippen LogP contribution in [-0.2, 0) is 6.54 Å². The number of aromatic nitrogens is 3. The third-order valence-electron chi connectivity index (χ3n) is 2.96. The van der Waals surface area contributed by atoms with Gasteiger partial charge in [-0.1, -0.05) is 25.1 Å². The molecule has 106 valence electrons. The number of halogens is 1. The molecule has 0 saturated carbocycles. The van der Waals surface area contributed by atoms with Crippen LogP contribution in [0.25, 0.3) is 0 Å². The minimum absolute atomic E-state index is 0.248. The quantitative estimate of drug-likeness (QED) is 0.848. The molecule has 0 fully saturated rings. The van der Waals surface area contributed by atoms with E-state index in [1.807, 2.05) is 0 Å². The molecule has 0 bridgehead atoms. The fourth-order valence-electron chi connectivity index (χ4n) is 1.62. The van der Waals surface area contributed by atoms with Crippen LogP contribution in [0.1, 0.15) is 25.8 Å². The van der Waals surface area contributed by atoms with Crippen molar-refractivity contribution in [3.05, 3.63) is 41.8 Å². The predicted octanol–water partition coefficient (Wildman–Crippen LogP) is 2.83. The number of hydrogen-bond donors (Lipinski definition) is 2. The lowest BCUT2D eigenvalue weighted by Gasteiger charge is -2.12. The summed E-state index contributed by atoms with van der Waals surface area (Å²) in [7, 11) is 0. The summed E-state index contributed by atoms with van der Waals surface area (Å²) in [6.07, 6.45) is 2.56. The smallest absolute Gasteiger partial charge is 0.244 e. The summed E-state index contributed by atoms with van der Waals surface area (Å²) in [6, 6.07) is 6.91. The van der Waals surface area contributed by atoms with Crippen molar-refractivity contribution in [2.75, 3.05) is 10.6 Å². The summed E-state index contributed by atoms with van der Waals surface area (Å²) in [6.45, 7) is 4.47. The van der Waals surface area contributed by atoms with Gasteiger partial charge in [-0.15, -0.1) is 5.10 Å². The van der Waals surface area contributed by atoms with Crippen molar-refractivity contribution < 1.29 is 4.39 Å². The van der Waals surface area contributed by atoms with E-state index in [0.717, 1.165) is 6.42 Å². The van der Waals surface area contributed by atoms with E-state index in [0.29, 0.717) is 29.9 Å². The molecule has 0 aliphatic rings. The first-order valence-corrected chi connectivity index (χ1v) is 6.62. The predicted molar refractivity (Wildman–Crippen MR) is 76.9 cm³/mol. The molecule has 1 atom stereocenters. The van der Waals surface area contributed by atoms with Crippen molar-refractivity contribution >= 4 is 11.8 Å². The fourth-order valence-corrected chi connectivity index (χ4v) is 1.62. The number of nitrogens with zero attached hydrogens (tertiary/aromatic N) is 3. The van der Waals surface area contributed by atoms with Gasteiger partial charge in [0, 0.05) is 18.2 Å². The zero-order valence-electron chi connectivity index (χ0n) is 11.6. The summed E-state index contributed by atoms with van der Waals surface area (Å²) in [4.78, 5) is 4.29. The zero-order chi connectivity index (χ0) is 14.4. The molecule has 1 unspecified atom stereocenters. The highest BCUT2D eigenvalue weighted by Crippen LogP contribution is 2.10. The number of rotatable bonds is 6. The van der Waals surface area contributed by atoms with Crippen LogP contribution in [0.5, 0.6) is 0 Å². The molecule has 0 aliphatic carbocycles. The third kappa shape index (κ3) is 3.88. The molecular formula is C14H18FN5. The van der Waals surface area contributed by atoms with Crippen LogP contribution in [0, 0.1) is 5.82 Å². The molecule has 0 spiro atoms. The minimum atomic E-state index is -0.248. The van der Waals surface area contributed by atoms with Crippen LogP contribution in [0.4, 0.5) is 16.2 Å². The van der Waals surface area contributed by atoms with Crippen molar-refractivity contribution in [2.24, 2.45) is 0 Å². The molecule has 0 radical (unpaired) electrons. The summed E-state index contributed by atoms with van der Waals surface area (Å²) in [5.74, 6) is 0.786. The van der Waals surface area contributed by atoms with E-state index in [1.54, 1.807) is 24.4 Å². The van der Waals surface area contributed by atoms with E-state index in [2.05, 4.69) is 39.7 Å². The van der Waals surface area contributed by atoms with Crippen molar-refractivity contribution in [1.29, 1.82) is 0 Å².